The van der Waals surface area contributed by atoms with Crippen LogP contribution in [-0.2, 0) is 9.53 Å². The van der Waals surface area contributed by atoms with Crippen LogP contribution in [0.5, 0.6) is 0 Å². The predicted molar refractivity (Wildman–Crippen MR) is 80.1 cm³/mol. The lowest BCUT2D eigenvalue weighted by atomic mass is 10.0. The molecular formula is C17H30O2. The number of unbranched alkanes of at least 4 members (excludes halogenated alkanes) is 7. The molecule has 0 saturated carbocycles. The molecule has 1 aliphatic heterocycles. The summed E-state index contributed by atoms with van der Waals surface area (Å²) >= 11 is 0. The highest BCUT2D eigenvalue weighted by molar-refractivity contribution is 5.90. The van der Waals surface area contributed by atoms with Crippen LogP contribution in [0.15, 0.2) is 11.6 Å². The highest BCUT2D eigenvalue weighted by atomic mass is 16.5. The van der Waals surface area contributed by atoms with Gasteiger partial charge in [-0.25, -0.2) is 4.79 Å². The average molecular weight is 266 g/mol. The van der Waals surface area contributed by atoms with Crippen molar-refractivity contribution in [1.82, 2.24) is 0 Å². The van der Waals surface area contributed by atoms with Gasteiger partial charge in [-0.15, -0.1) is 0 Å². The Morgan fingerprint density at radius 2 is 1.58 bits per heavy atom. The molecule has 1 rings (SSSR count). The van der Waals surface area contributed by atoms with E-state index in [0.717, 1.165) is 24.8 Å². The molecule has 2 heteroatoms. The van der Waals surface area contributed by atoms with Crippen LogP contribution >= 0.6 is 0 Å². The molecule has 1 aliphatic rings. The van der Waals surface area contributed by atoms with Crippen molar-refractivity contribution >= 4 is 5.97 Å². The van der Waals surface area contributed by atoms with Gasteiger partial charge >= 0.3 is 5.97 Å². The quantitative estimate of drug-likeness (QED) is 0.381. The fourth-order valence-corrected chi connectivity index (χ4v) is 2.56. The van der Waals surface area contributed by atoms with E-state index in [1.165, 1.54) is 51.4 Å². The maximum atomic E-state index is 11.7. The van der Waals surface area contributed by atoms with Crippen LogP contribution in [0.25, 0.3) is 0 Å². The van der Waals surface area contributed by atoms with Crippen molar-refractivity contribution in [2.24, 2.45) is 0 Å². The molecule has 0 amide bonds. The van der Waals surface area contributed by atoms with Gasteiger partial charge in [0, 0.05) is 5.57 Å². The van der Waals surface area contributed by atoms with Crippen molar-refractivity contribution < 1.29 is 9.53 Å². The molecule has 1 unspecified atom stereocenters. The first-order valence-electron chi connectivity index (χ1n) is 8.19. The SMILES string of the molecule is CCCCCCCC1C=C(CCCCCC)C(=O)O1. The molecule has 0 N–H and O–H groups in total. The summed E-state index contributed by atoms with van der Waals surface area (Å²) < 4.78 is 5.41. The molecule has 0 aromatic heterocycles. The normalized spacial score (nSPS) is 18.5. The molecule has 0 radical (unpaired) electrons. The largest absolute Gasteiger partial charge is 0.455 e. The third-order valence-electron chi connectivity index (χ3n) is 3.80. The fourth-order valence-electron chi connectivity index (χ4n) is 2.56. The average Bonchev–Trinajstić information content (AvgIpc) is 2.75. The topological polar surface area (TPSA) is 26.3 Å². The van der Waals surface area contributed by atoms with Crippen LogP contribution in [-0.4, -0.2) is 12.1 Å². The lowest BCUT2D eigenvalue weighted by Gasteiger charge is -2.07. The van der Waals surface area contributed by atoms with Crippen molar-refractivity contribution in [2.75, 3.05) is 0 Å². The third kappa shape index (κ3) is 6.79. The van der Waals surface area contributed by atoms with E-state index in [-0.39, 0.29) is 12.1 Å². The first kappa shape index (κ1) is 16.3. The molecule has 0 aromatic rings. The van der Waals surface area contributed by atoms with Crippen LogP contribution < -0.4 is 0 Å². The van der Waals surface area contributed by atoms with E-state index in [4.69, 9.17) is 4.74 Å². The minimum atomic E-state index is -0.0601. The minimum absolute atomic E-state index is 0.0601. The number of hydrogen-bond donors (Lipinski definition) is 0. The zero-order valence-electron chi connectivity index (χ0n) is 12.7. The lowest BCUT2D eigenvalue weighted by Crippen LogP contribution is -2.08. The molecule has 1 atom stereocenters. The van der Waals surface area contributed by atoms with Gasteiger partial charge in [-0.1, -0.05) is 58.8 Å². The second-order valence-electron chi connectivity index (χ2n) is 5.65. The van der Waals surface area contributed by atoms with Crippen LogP contribution in [0.1, 0.15) is 84.5 Å². The van der Waals surface area contributed by atoms with Crippen LogP contribution in [0.3, 0.4) is 0 Å². The lowest BCUT2D eigenvalue weighted by molar-refractivity contribution is -0.140. The predicted octanol–water partition coefficient (Wildman–Crippen LogP) is 5.17. The van der Waals surface area contributed by atoms with E-state index in [1.54, 1.807) is 0 Å². The van der Waals surface area contributed by atoms with Crippen molar-refractivity contribution in [3.8, 4) is 0 Å². The van der Waals surface area contributed by atoms with E-state index in [0.29, 0.717) is 0 Å². The van der Waals surface area contributed by atoms with Gasteiger partial charge in [-0.2, -0.15) is 0 Å². The minimum Gasteiger partial charge on any atom is -0.455 e. The third-order valence-corrected chi connectivity index (χ3v) is 3.80. The Morgan fingerprint density at radius 3 is 2.26 bits per heavy atom. The Labute approximate surface area is 118 Å². The van der Waals surface area contributed by atoms with Crippen LogP contribution in [0.2, 0.25) is 0 Å². The zero-order valence-corrected chi connectivity index (χ0v) is 12.7. The van der Waals surface area contributed by atoms with Crippen molar-refractivity contribution in [3.05, 3.63) is 11.6 Å². The van der Waals surface area contributed by atoms with Gasteiger partial charge in [0.1, 0.15) is 6.10 Å². The van der Waals surface area contributed by atoms with Gasteiger partial charge in [0.2, 0.25) is 0 Å². The van der Waals surface area contributed by atoms with Gasteiger partial charge in [-0.05, 0) is 31.8 Å². The van der Waals surface area contributed by atoms with Gasteiger partial charge in [0.25, 0.3) is 0 Å². The summed E-state index contributed by atoms with van der Waals surface area (Å²) in [6.45, 7) is 4.43. The van der Waals surface area contributed by atoms with Crippen molar-refractivity contribution in [1.29, 1.82) is 0 Å². The zero-order chi connectivity index (χ0) is 13.9. The number of hydrogen-bond acceptors (Lipinski definition) is 2. The Balaban J connectivity index is 2.15. The van der Waals surface area contributed by atoms with E-state index < -0.39 is 0 Å². The van der Waals surface area contributed by atoms with E-state index in [2.05, 4.69) is 19.9 Å². The maximum absolute atomic E-state index is 11.7. The Hall–Kier alpha value is -0.790. The number of rotatable bonds is 11. The second-order valence-corrected chi connectivity index (χ2v) is 5.65. The molecule has 2 nitrogen and oxygen atoms in total. The highest BCUT2D eigenvalue weighted by Crippen LogP contribution is 2.23. The van der Waals surface area contributed by atoms with Gasteiger partial charge < -0.3 is 4.74 Å². The first-order valence-corrected chi connectivity index (χ1v) is 8.19. The van der Waals surface area contributed by atoms with Gasteiger partial charge in [0.15, 0.2) is 0 Å². The summed E-state index contributed by atoms with van der Waals surface area (Å²) in [5.74, 6) is -0.0601. The molecule has 0 aromatic carbocycles. The van der Waals surface area contributed by atoms with Crippen molar-refractivity contribution in [2.45, 2.75) is 90.6 Å². The summed E-state index contributed by atoms with van der Waals surface area (Å²) in [7, 11) is 0. The van der Waals surface area contributed by atoms with Gasteiger partial charge in [0.05, 0.1) is 0 Å². The molecular weight excluding hydrogens is 236 g/mol. The first-order chi connectivity index (χ1) is 9.27. The van der Waals surface area contributed by atoms with E-state index in [9.17, 15) is 4.79 Å². The van der Waals surface area contributed by atoms with E-state index in [1.807, 2.05) is 0 Å². The molecule has 19 heavy (non-hydrogen) atoms. The molecule has 0 fully saturated rings. The smallest absolute Gasteiger partial charge is 0.334 e. The molecule has 110 valence electrons. The summed E-state index contributed by atoms with van der Waals surface area (Å²) in [5.41, 5.74) is 0.926. The Kier molecular flexibility index (Phi) is 8.61. The fraction of sp³-hybridized carbons (Fsp3) is 0.824. The highest BCUT2D eigenvalue weighted by Gasteiger charge is 2.24. The number of carbonyl (C=O) groups is 1. The number of ether oxygens (including phenoxy) is 1. The second kappa shape index (κ2) is 10.1. The Morgan fingerprint density at radius 1 is 0.947 bits per heavy atom. The summed E-state index contributed by atoms with van der Waals surface area (Å²) in [6, 6.07) is 0. The molecule has 1 heterocycles. The standard InChI is InChI=1S/C17H30O2/c1-3-5-7-9-11-13-16-14-15(17(18)19-16)12-10-8-6-4-2/h14,16H,3-13H2,1-2H3. The maximum Gasteiger partial charge on any atom is 0.334 e. The summed E-state index contributed by atoms with van der Waals surface area (Å²) in [5, 5.41) is 0. The molecule has 0 saturated heterocycles. The molecule has 0 spiro atoms. The summed E-state index contributed by atoms with van der Waals surface area (Å²) in [6.07, 6.45) is 15.3. The number of esters is 1. The monoisotopic (exact) mass is 266 g/mol. The molecule has 0 aliphatic carbocycles. The number of cyclic esters (lactones) is 1. The van der Waals surface area contributed by atoms with Crippen LogP contribution in [0, 0.1) is 0 Å². The molecule has 0 bridgehead atoms. The van der Waals surface area contributed by atoms with Gasteiger partial charge in [-0.3, -0.25) is 0 Å². The van der Waals surface area contributed by atoms with Crippen LogP contribution in [0.4, 0.5) is 0 Å². The Bertz CT molecular complexity index is 281. The van der Waals surface area contributed by atoms with Crippen molar-refractivity contribution in [3.63, 3.8) is 0 Å². The number of carbonyl (C=O) groups excluding carboxylic acids is 1. The summed E-state index contributed by atoms with van der Waals surface area (Å²) in [4.78, 5) is 11.7. The van der Waals surface area contributed by atoms with E-state index >= 15 is 0 Å².